The Balaban J connectivity index is 1.53. The number of fused-ring (bicyclic) bond motifs is 5. The predicted molar refractivity (Wildman–Crippen MR) is 80.9 cm³/mol. The highest BCUT2D eigenvalue weighted by molar-refractivity contribution is 4.99. The molecule has 4 aliphatic rings. The Hall–Kier alpha value is 0. The van der Waals surface area contributed by atoms with Crippen molar-refractivity contribution in [3.8, 4) is 0 Å². The van der Waals surface area contributed by atoms with Crippen LogP contribution in [0.3, 0.4) is 0 Å². The van der Waals surface area contributed by atoms with Gasteiger partial charge >= 0.3 is 0 Å². The molecule has 0 radical (unpaired) electrons. The van der Waals surface area contributed by atoms with Crippen LogP contribution in [0, 0.1) is 41.4 Å². The first-order valence-electron chi connectivity index (χ1n) is 9.36. The van der Waals surface area contributed by atoms with Gasteiger partial charge in [0.1, 0.15) is 0 Å². The van der Waals surface area contributed by atoms with Crippen LogP contribution in [-0.2, 0) is 0 Å². The Labute approximate surface area is 119 Å². The first kappa shape index (κ1) is 12.7. The minimum Gasteiger partial charge on any atom is -0.0651 e. The maximum absolute atomic E-state index is 2.43. The predicted octanol–water partition coefficient (Wildman–Crippen LogP) is 5.67. The van der Waals surface area contributed by atoms with E-state index in [0.717, 1.165) is 35.5 Å². The van der Waals surface area contributed by atoms with Gasteiger partial charge in [0, 0.05) is 0 Å². The molecular weight excluding hydrogens is 228 g/mol. The summed E-state index contributed by atoms with van der Waals surface area (Å²) in [6, 6.07) is 0. The van der Waals surface area contributed by atoms with Crippen molar-refractivity contribution in [1.82, 2.24) is 0 Å². The van der Waals surface area contributed by atoms with E-state index in [4.69, 9.17) is 0 Å². The van der Waals surface area contributed by atoms with Crippen LogP contribution in [0.5, 0.6) is 0 Å². The zero-order valence-corrected chi connectivity index (χ0v) is 12.8. The highest BCUT2D eigenvalue weighted by atomic mass is 14.5. The molecule has 4 rings (SSSR count). The quantitative estimate of drug-likeness (QED) is 0.570. The van der Waals surface area contributed by atoms with E-state index in [1.807, 2.05) is 0 Å². The lowest BCUT2D eigenvalue weighted by Gasteiger charge is -2.53. The molecule has 7 atom stereocenters. The van der Waals surface area contributed by atoms with Crippen LogP contribution < -0.4 is 0 Å². The van der Waals surface area contributed by atoms with E-state index in [9.17, 15) is 0 Å². The fourth-order valence-corrected chi connectivity index (χ4v) is 6.90. The lowest BCUT2D eigenvalue weighted by molar-refractivity contribution is -0.0303. The Kier molecular flexibility index (Phi) is 3.40. The zero-order chi connectivity index (χ0) is 12.8. The molecule has 108 valence electrons. The van der Waals surface area contributed by atoms with Crippen molar-refractivity contribution in [2.24, 2.45) is 41.4 Å². The SMILES string of the molecule is CCC1CCC2CC[C@H]3[C@@H]4CCC[C@H]4CC[C@@H]3[C@H]2C1. The minimum atomic E-state index is 1.08. The molecule has 0 amide bonds. The molecule has 4 aliphatic carbocycles. The molecule has 0 aliphatic heterocycles. The summed E-state index contributed by atoms with van der Waals surface area (Å²) in [5.74, 6) is 8.03. The van der Waals surface area contributed by atoms with Gasteiger partial charge in [0.25, 0.3) is 0 Å². The molecule has 0 spiro atoms. The molecular formula is C19H32. The summed E-state index contributed by atoms with van der Waals surface area (Å²) in [4.78, 5) is 0. The molecule has 0 heterocycles. The summed E-state index contributed by atoms with van der Waals surface area (Å²) in [6.07, 6.45) is 17.4. The maximum Gasteiger partial charge on any atom is -0.0352 e. The first-order valence-corrected chi connectivity index (χ1v) is 9.36. The van der Waals surface area contributed by atoms with Gasteiger partial charge in [0.2, 0.25) is 0 Å². The molecule has 0 aromatic carbocycles. The Morgan fingerprint density at radius 2 is 1.32 bits per heavy atom. The van der Waals surface area contributed by atoms with Gasteiger partial charge in [-0.1, -0.05) is 32.6 Å². The topological polar surface area (TPSA) is 0 Å². The molecule has 0 N–H and O–H groups in total. The smallest absolute Gasteiger partial charge is 0.0352 e. The van der Waals surface area contributed by atoms with Crippen LogP contribution in [0.15, 0.2) is 0 Å². The van der Waals surface area contributed by atoms with E-state index in [2.05, 4.69) is 6.92 Å². The van der Waals surface area contributed by atoms with Crippen molar-refractivity contribution in [2.75, 3.05) is 0 Å². The minimum absolute atomic E-state index is 1.08. The summed E-state index contributed by atoms with van der Waals surface area (Å²) in [7, 11) is 0. The molecule has 4 saturated carbocycles. The Morgan fingerprint density at radius 1 is 0.632 bits per heavy atom. The standard InChI is InChI=1S/C19H32/c1-2-13-6-7-15-9-10-17-16-5-3-4-14(16)8-11-18(17)19(15)12-13/h13-19H,2-12H2,1H3/t13?,14-,15?,16+,17-,18-,19-/m0/s1. The normalized spacial score (nSPS) is 53.2. The van der Waals surface area contributed by atoms with Crippen molar-refractivity contribution in [1.29, 1.82) is 0 Å². The molecule has 0 aromatic heterocycles. The second-order valence-electron chi connectivity index (χ2n) is 8.35. The van der Waals surface area contributed by atoms with E-state index < -0.39 is 0 Å². The Bertz CT molecular complexity index is 320. The van der Waals surface area contributed by atoms with Crippen molar-refractivity contribution in [2.45, 2.75) is 77.6 Å². The lowest BCUT2D eigenvalue weighted by Crippen LogP contribution is -2.44. The van der Waals surface area contributed by atoms with Gasteiger partial charge in [-0.2, -0.15) is 0 Å². The van der Waals surface area contributed by atoms with Crippen LogP contribution in [0.2, 0.25) is 0 Å². The van der Waals surface area contributed by atoms with Crippen molar-refractivity contribution >= 4 is 0 Å². The van der Waals surface area contributed by atoms with E-state index in [0.29, 0.717) is 0 Å². The molecule has 4 fully saturated rings. The third kappa shape index (κ3) is 2.09. The summed E-state index contributed by atoms with van der Waals surface area (Å²) in [5.41, 5.74) is 0. The second kappa shape index (κ2) is 5.08. The summed E-state index contributed by atoms with van der Waals surface area (Å²) in [6.45, 7) is 2.43. The summed E-state index contributed by atoms with van der Waals surface area (Å²) < 4.78 is 0. The largest absolute Gasteiger partial charge is 0.0651 e. The fourth-order valence-electron chi connectivity index (χ4n) is 6.90. The third-order valence-corrected chi connectivity index (χ3v) is 7.84. The van der Waals surface area contributed by atoms with Crippen LogP contribution in [0.1, 0.15) is 77.6 Å². The summed E-state index contributed by atoms with van der Waals surface area (Å²) in [5, 5.41) is 0. The van der Waals surface area contributed by atoms with Gasteiger partial charge in [0.15, 0.2) is 0 Å². The second-order valence-corrected chi connectivity index (χ2v) is 8.35. The summed E-state index contributed by atoms with van der Waals surface area (Å²) >= 11 is 0. The third-order valence-electron chi connectivity index (χ3n) is 7.84. The number of hydrogen-bond acceptors (Lipinski definition) is 0. The van der Waals surface area contributed by atoms with Gasteiger partial charge in [-0.05, 0) is 86.4 Å². The fraction of sp³-hybridized carbons (Fsp3) is 1.00. The molecule has 0 bridgehead atoms. The molecule has 0 nitrogen and oxygen atoms in total. The van der Waals surface area contributed by atoms with E-state index >= 15 is 0 Å². The lowest BCUT2D eigenvalue weighted by atomic mass is 9.53. The highest BCUT2D eigenvalue weighted by Gasteiger charge is 2.49. The highest BCUT2D eigenvalue weighted by Crippen LogP contribution is 2.58. The molecule has 0 heteroatoms. The van der Waals surface area contributed by atoms with Crippen LogP contribution >= 0.6 is 0 Å². The van der Waals surface area contributed by atoms with Gasteiger partial charge in [-0.3, -0.25) is 0 Å². The van der Waals surface area contributed by atoms with Crippen LogP contribution in [0.25, 0.3) is 0 Å². The van der Waals surface area contributed by atoms with Crippen LogP contribution in [-0.4, -0.2) is 0 Å². The van der Waals surface area contributed by atoms with E-state index in [1.54, 1.807) is 64.2 Å². The van der Waals surface area contributed by atoms with Crippen molar-refractivity contribution in [3.05, 3.63) is 0 Å². The first-order chi connectivity index (χ1) is 9.36. The molecule has 19 heavy (non-hydrogen) atoms. The monoisotopic (exact) mass is 260 g/mol. The zero-order valence-electron chi connectivity index (χ0n) is 12.8. The maximum atomic E-state index is 2.43. The average molecular weight is 260 g/mol. The van der Waals surface area contributed by atoms with Crippen LogP contribution in [0.4, 0.5) is 0 Å². The van der Waals surface area contributed by atoms with Crippen molar-refractivity contribution < 1.29 is 0 Å². The van der Waals surface area contributed by atoms with Gasteiger partial charge in [-0.25, -0.2) is 0 Å². The van der Waals surface area contributed by atoms with Gasteiger partial charge in [-0.15, -0.1) is 0 Å². The van der Waals surface area contributed by atoms with E-state index in [-0.39, 0.29) is 0 Å². The molecule has 2 unspecified atom stereocenters. The number of rotatable bonds is 1. The van der Waals surface area contributed by atoms with E-state index in [1.165, 1.54) is 12.3 Å². The molecule has 0 aromatic rings. The van der Waals surface area contributed by atoms with Gasteiger partial charge < -0.3 is 0 Å². The Morgan fingerprint density at radius 3 is 2.11 bits per heavy atom. The van der Waals surface area contributed by atoms with Crippen molar-refractivity contribution in [3.63, 3.8) is 0 Å². The van der Waals surface area contributed by atoms with Gasteiger partial charge in [0.05, 0.1) is 0 Å². The number of hydrogen-bond donors (Lipinski definition) is 0. The molecule has 0 saturated heterocycles. The average Bonchev–Trinajstić information content (AvgIpc) is 2.94.